The van der Waals surface area contributed by atoms with Crippen LogP contribution in [-0.2, 0) is 4.57 Å². The third kappa shape index (κ3) is 1.80. The topological polar surface area (TPSA) is 17.1 Å². The Bertz CT molecular complexity index is 378. The first kappa shape index (κ1) is 12.8. The summed E-state index contributed by atoms with van der Waals surface area (Å²) in [6.07, 6.45) is 6.14. The van der Waals surface area contributed by atoms with E-state index >= 15 is 0 Å². The van der Waals surface area contributed by atoms with E-state index in [1.807, 2.05) is 0 Å². The first-order chi connectivity index (χ1) is 7.16. The molecule has 0 saturated heterocycles. The second-order valence-corrected chi connectivity index (χ2v) is 14.6. The minimum atomic E-state index is -3.07. The zero-order valence-electron chi connectivity index (χ0n) is 8.69. The molecule has 0 unspecified atom stereocenters. The minimum absolute atomic E-state index is 0.107. The first-order valence-corrected chi connectivity index (χ1v) is 10.6. The number of alkyl halides is 2. The van der Waals surface area contributed by atoms with Crippen LogP contribution in [0.5, 0.6) is 0 Å². The SMILES string of the molecule is O=P(Cl)(Cl)C12CC3C[C@@](Br)(C1)C[C@@](Br)(C3)C2. The van der Waals surface area contributed by atoms with Crippen molar-refractivity contribution in [3.8, 4) is 0 Å². The Morgan fingerprint density at radius 3 is 1.88 bits per heavy atom. The highest BCUT2D eigenvalue weighted by atomic mass is 79.9. The van der Waals surface area contributed by atoms with Gasteiger partial charge in [0.25, 0.3) is 5.85 Å². The number of rotatable bonds is 1. The van der Waals surface area contributed by atoms with Crippen molar-refractivity contribution in [3.05, 3.63) is 0 Å². The Kier molecular flexibility index (Phi) is 2.76. The summed E-state index contributed by atoms with van der Waals surface area (Å²) in [4.78, 5) is 0. The summed E-state index contributed by atoms with van der Waals surface area (Å²) in [5.74, 6) is -2.45. The lowest BCUT2D eigenvalue weighted by molar-refractivity contribution is 0.0797. The lowest BCUT2D eigenvalue weighted by Gasteiger charge is -2.63. The number of hydrogen-bond acceptors (Lipinski definition) is 1. The molecule has 0 N–H and O–H groups in total. The van der Waals surface area contributed by atoms with Gasteiger partial charge >= 0.3 is 0 Å². The molecule has 0 aromatic heterocycles. The Balaban J connectivity index is 2.08. The standard InChI is InChI=1S/C10H13Br2Cl2OP/c11-8-1-7-2-9(12,4-8)6-10(3-7,5-8)16(13,14)15/h7H,1-6H2/t7?,8-,9-,10?/m0/s1. The summed E-state index contributed by atoms with van der Waals surface area (Å²) in [6, 6.07) is 0. The molecule has 0 heterocycles. The molecule has 4 aliphatic rings. The van der Waals surface area contributed by atoms with Gasteiger partial charge in [-0.15, -0.1) is 0 Å². The fourth-order valence-corrected chi connectivity index (χ4v) is 10.9. The molecule has 4 aliphatic carbocycles. The molecular formula is C10H13Br2Cl2OP. The largest absolute Gasteiger partial charge is 0.289 e. The molecule has 1 nitrogen and oxygen atoms in total. The predicted molar refractivity (Wildman–Crippen MR) is 76.6 cm³/mol. The van der Waals surface area contributed by atoms with Crippen molar-refractivity contribution in [2.24, 2.45) is 5.92 Å². The summed E-state index contributed by atoms with van der Waals surface area (Å²) < 4.78 is 12.5. The molecule has 0 aliphatic heterocycles. The van der Waals surface area contributed by atoms with Crippen LogP contribution < -0.4 is 0 Å². The molecule has 0 aromatic carbocycles. The average Bonchev–Trinajstić information content (AvgIpc) is 1.92. The third-order valence-corrected chi connectivity index (χ3v) is 9.98. The Morgan fingerprint density at radius 2 is 1.50 bits per heavy atom. The van der Waals surface area contributed by atoms with Crippen molar-refractivity contribution >= 4 is 60.2 Å². The Hall–Kier alpha value is 1.77. The fourth-order valence-electron chi connectivity index (χ4n) is 4.45. The molecule has 0 aromatic rings. The van der Waals surface area contributed by atoms with Crippen LogP contribution in [0.4, 0.5) is 0 Å². The van der Waals surface area contributed by atoms with E-state index in [2.05, 4.69) is 31.9 Å². The summed E-state index contributed by atoms with van der Waals surface area (Å²) in [5.41, 5.74) is 0. The Morgan fingerprint density at radius 1 is 1.00 bits per heavy atom. The summed E-state index contributed by atoms with van der Waals surface area (Å²) in [7, 11) is 0. The number of hydrogen-bond donors (Lipinski definition) is 0. The number of halogens is 4. The highest BCUT2D eigenvalue weighted by Gasteiger charge is 2.66. The van der Waals surface area contributed by atoms with Gasteiger partial charge in [-0.25, -0.2) is 0 Å². The average molecular weight is 411 g/mol. The van der Waals surface area contributed by atoms with Gasteiger partial charge in [-0.3, -0.25) is 4.57 Å². The molecule has 6 heteroatoms. The van der Waals surface area contributed by atoms with Crippen LogP contribution in [0.1, 0.15) is 38.5 Å². The van der Waals surface area contributed by atoms with Crippen LogP contribution in [0, 0.1) is 5.92 Å². The van der Waals surface area contributed by atoms with Crippen molar-refractivity contribution in [1.82, 2.24) is 0 Å². The van der Waals surface area contributed by atoms with Gasteiger partial charge in [0.15, 0.2) is 0 Å². The molecule has 0 amide bonds. The Labute approximate surface area is 122 Å². The zero-order valence-corrected chi connectivity index (χ0v) is 14.3. The van der Waals surface area contributed by atoms with Gasteiger partial charge in [0, 0.05) is 8.65 Å². The highest BCUT2D eigenvalue weighted by molar-refractivity contribution is 9.10. The van der Waals surface area contributed by atoms with E-state index in [1.54, 1.807) is 0 Å². The lowest BCUT2D eigenvalue weighted by Crippen LogP contribution is -2.60. The van der Waals surface area contributed by atoms with Crippen LogP contribution in [-0.4, -0.2) is 13.8 Å². The molecule has 4 bridgehead atoms. The molecular weight excluding hydrogens is 398 g/mol. The maximum Gasteiger partial charge on any atom is 0.259 e. The second-order valence-electron chi connectivity index (χ2n) is 6.00. The molecule has 0 radical (unpaired) electrons. The van der Waals surface area contributed by atoms with Crippen molar-refractivity contribution in [2.45, 2.75) is 52.3 Å². The van der Waals surface area contributed by atoms with Crippen molar-refractivity contribution in [3.63, 3.8) is 0 Å². The molecule has 4 fully saturated rings. The van der Waals surface area contributed by atoms with E-state index in [9.17, 15) is 4.57 Å². The maximum atomic E-state index is 12.2. The normalized spacial score (nSPS) is 55.6. The molecule has 92 valence electrons. The van der Waals surface area contributed by atoms with Gasteiger partial charge in [-0.1, -0.05) is 31.9 Å². The second kappa shape index (κ2) is 3.45. The van der Waals surface area contributed by atoms with E-state index in [1.165, 1.54) is 12.8 Å². The minimum Gasteiger partial charge on any atom is -0.289 e. The van der Waals surface area contributed by atoms with Gasteiger partial charge in [-0.2, -0.15) is 0 Å². The van der Waals surface area contributed by atoms with E-state index < -0.39 is 5.85 Å². The van der Waals surface area contributed by atoms with Crippen LogP contribution in [0.25, 0.3) is 0 Å². The van der Waals surface area contributed by atoms with Crippen molar-refractivity contribution in [1.29, 1.82) is 0 Å². The van der Waals surface area contributed by atoms with E-state index in [0.717, 1.165) is 25.7 Å². The monoisotopic (exact) mass is 408 g/mol. The lowest BCUT2D eigenvalue weighted by atomic mass is 9.55. The maximum absolute atomic E-state index is 12.2. The molecule has 4 rings (SSSR count). The van der Waals surface area contributed by atoms with E-state index in [-0.39, 0.29) is 13.8 Å². The van der Waals surface area contributed by atoms with Gasteiger partial charge in [0.1, 0.15) is 0 Å². The summed E-state index contributed by atoms with van der Waals surface area (Å²) in [5, 5.41) is -0.345. The smallest absolute Gasteiger partial charge is 0.259 e. The van der Waals surface area contributed by atoms with E-state index in [0.29, 0.717) is 5.92 Å². The van der Waals surface area contributed by atoms with Gasteiger partial charge in [-0.05, 0) is 66.9 Å². The van der Waals surface area contributed by atoms with Gasteiger partial charge in [0.2, 0.25) is 0 Å². The van der Waals surface area contributed by atoms with Crippen LogP contribution in [0.15, 0.2) is 0 Å². The molecule has 16 heavy (non-hydrogen) atoms. The third-order valence-electron chi connectivity index (χ3n) is 4.46. The fraction of sp³-hybridized carbons (Fsp3) is 1.00. The molecule has 4 saturated carbocycles. The van der Waals surface area contributed by atoms with E-state index in [4.69, 9.17) is 22.5 Å². The zero-order chi connectivity index (χ0) is 11.8. The van der Waals surface area contributed by atoms with Crippen molar-refractivity contribution < 1.29 is 4.57 Å². The van der Waals surface area contributed by atoms with Crippen LogP contribution in [0.2, 0.25) is 0 Å². The van der Waals surface area contributed by atoms with Gasteiger partial charge < -0.3 is 0 Å². The van der Waals surface area contributed by atoms with Gasteiger partial charge in [0.05, 0.1) is 5.16 Å². The summed E-state index contributed by atoms with van der Waals surface area (Å²) >= 11 is 19.8. The van der Waals surface area contributed by atoms with Crippen molar-refractivity contribution in [2.75, 3.05) is 0 Å². The van der Waals surface area contributed by atoms with Crippen LogP contribution in [0.3, 0.4) is 0 Å². The highest BCUT2D eigenvalue weighted by Crippen LogP contribution is 2.80. The quantitative estimate of drug-likeness (QED) is 0.402. The summed E-state index contributed by atoms with van der Waals surface area (Å²) in [6.45, 7) is 0. The van der Waals surface area contributed by atoms with Crippen LogP contribution >= 0.6 is 60.2 Å². The molecule has 0 spiro atoms. The molecule has 2 atom stereocenters. The predicted octanol–water partition coefficient (Wildman–Crippen LogP) is 5.66. The first-order valence-electron chi connectivity index (χ1n) is 5.53.